The SMILES string of the molecule is CCNCc1cccc(COc2ccc(C)nc2)c1. The van der Waals surface area contributed by atoms with Crippen molar-refractivity contribution in [1.82, 2.24) is 10.3 Å². The minimum atomic E-state index is 0.574. The Labute approximate surface area is 114 Å². The smallest absolute Gasteiger partial charge is 0.138 e. The number of hydrogen-bond acceptors (Lipinski definition) is 3. The fourth-order valence-electron chi connectivity index (χ4n) is 1.81. The minimum Gasteiger partial charge on any atom is -0.487 e. The van der Waals surface area contributed by atoms with E-state index in [1.807, 2.05) is 19.1 Å². The lowest BCUT2D eigenvalue weighted by Crippen LogP contribution is -2.11. The Balaban J connectivity index is 1.93. The maximum Gasteiger partial charge on any atom is 0.138 e. The topological polar surface area (TPSA) is 34.1 Å². The van der Waals surface area contributed by atoms with E-state index >= 15 is 0 Å². The molecular formula is C16H20N2O. The Bertz CT molecular complexity index is 508. The molecule has 0 amide bonds. The summed E-state index contributed by atoms with van der Waals surface area (Å²) >= 11 is 0. The van der Waals surface area contributed by atoms with Crippen molar-refractivity contribution in [3.63, 3.8) is 0 Å². The Morgan fingerprint density at radius 3 is 2.74 bits per heavy atom. The van der Waals surface area contributed by atoms with Crippen LogP contribution in [0.2, 0.25) is 0 Å². The van der Waals surface area contributed by atoms with Crippen molar-refractivity contribution in [3.8, 4) is 5.75 Å². The molecule has 1 N–H and O–H groups in total. The molecule has 0 aliphatic heterocycles. The van der Waals surface area contributed by atoms with Crippen LogP contribution in [0.25, 0.3) is 0 Å². The van der Waals surface area contributed by atoms with E-state index in [2.05, 4.69) is 41.5 Å². The second kappa shape index (κ2) is 6.90. The van der Waals surface area contributed by atoms with E-state index in [9.17, 15) is 0 Å². The molecule has 0 saturated carbocycles. The predicted octanol–water partition coefficient (Wildman–Crippen LogP) is 3.08. The van der Waals surface area contributed by atoms with Gasteiger partial charge in [-0.05, 0) is 36.7 Å². The number of ether oxygens (including phenoxy) is 1. The zero-order chi connectivity index (χ0) is 13.5. The highest BCUT2D eigenvalue weighted by atomic mass is 16.5. The van der Waals surface area contributed by atoms with Crippen molar-refractivity contribution < 1.29 is 4.74 Å². The average molecular weight is 256 g/mol. The van der Waals surface area contributed by atoms with E-state index in [0.717, 1.165) is 24.5 Å². The summed E-state index contributed by atoms with van der Waals surface area (Å²) in [6.07, 6.45) is 1.76. The zero-order valence-corrected chi connectivity index (χ0v) is 11.5. The maximum atomic E-state index is 5.72. The summed E-state index contributed by atoms with van der Waals surface area (Å²) in [7, 11) is 0. The van der Waals surface area contributed by atoms with Gasteiger partial charge in [-0.2, -0.15) is 0 Å². The molecule has 0 unspecified atom stereocenters. The molecule has 0 fully saturated rings. The van der Waals surface area contributed by atoms with E-state index in [4.69, 9.17) is 4.74 Å². The second-order valence-electron chi connectivity index (χ2n) is 4.52. The molecule has 0 spiro atoms. The van der Waals surface area contributed by atoms with Crippen molar-refractivity contribution >= 4 is 0 Å². The predicted molar refractivity (Wildman–Crippen MR) is 77.1 cm³/mol. The maximum absolute atomic E-state index is 5.72. The molecule has 19 heavy (non-hydrogen) atoms. The standard InChI is InChI=1S/C16H20N2O/c1-3-17-10-14-5-4-6-15(9-14)12-19-16-8-7-13(2)18-11-16/h4-9,11,17H,3,10,12H2,1-2H3. The van der Waals surface area contributed by atoms with E-state index in [1.54, 1.807) is 6.20 Å². The van der Waals surface area contributed by atoms with Crippen molar-refractivity contribution in [2.75, 3.05) is 6.54 Å². The normalized spacial score (nSPS) is 10.4. The van der Waals surface area contributed by atoms with E-state index in [-0.39, 0.29) is 0 Å². The van der Waals surface area contributed by atoms with Crippen LogP contribution in [-0.4, -0.2) is 11.5 Å². The van der Waals surface area contributed by atoms with Gasteiger partial charge in [0.05, 0.1) is 6.20 Å². The van der Waals surface area contributed by atoms with Crippen LogP contribution >= 0.6 is 0 Å². The first kappa shape index (κ1) is 13.6. The van der Waals surface area contributed by atoms with Crippen LogP contribution in [0.5, 0.6) is 5.75 Å². The first-order valence-electron chi connectivity index (χ1n) is 6.62. The molecular weight excluding hydrogens is 236 g/mol. The van der Waals surface area contributed by atoms with Crippen molar-refractivity contribution in [1.29, 1.82) is 0 Å². The van der Waals surface area contributed by atoms with Crippen LogP contribution in [0.3, 0.4) is 0 Å². The first-order valence-corrected chi connectivity index (χ1v) is 6.62. The highest BCUT2D eigenvalue weighted by Gasteiger charge is 1.98. The molecule has 1 aromatic heterocycles. The summed E-state index contributed by atoms with van der Waals surface area (Å²) in [4.78, 5) is 4.21. The summed E-state index contributed by atoms with van der Waals surface area (Å²) in [5.74, 6) is 0.808. The Hall–Kier alpha value is -1.87. The molecule has 2 rings (SSSR count). The molecule has 0 aliphatic rings. The largest absolute Gasteiger partial charge is 0.487 e. The average Bonchev–Trinajstić information content (AvgIpc) is 2.45. The van der Waals surface area contributed by atoms with Gasteiger partial charge in [-0.3, -0.25) is 4.98 Å². The van der Waals surface area contributed by atoms with Crippen LogP contribution < -0.4 is 10.1 Å². The molecule has 0 aliphatic carbocycles. The number of aromatic nitrogens is 1. The van der Waals surface area contributed by atoms with Crippen LogP contribution in [0, 0.1) is 6.92 Å². The molecule has 0 atom stereocenters. The summed E-state index contributed by atoms with van der Waals surface area (Å²) in [6.45, 7) is 6.53. The number of benzene rings is 1. The van der Waals surface area contributed by atoms with Gasteiger partial charge < -0.3 is 10.1 Å². The molecule has 3 nitrogen and oxygen atoms in total. The molecule has 2 aromatic rings. The van der Waals surface area contributed by atoms with Crippen LogP contribution in [0.15, 0.2) is 42.6 Å². The fourth-order valence-corrected chi connectivity index (χ4v) is 1.81. The fraction of sp³-hybridized carbons (Fsp3) is 0.312. The van der Waals surface area contributed by atoms with Gasteiger partial charge in [0.25, 0.3) is 0 Å². The quantitative estimate of drug-likeness (QED) is 0.862. The van der Waals surface area contributed by atoms with Crippen molar-refractivity contribution in [2.45, 2.75) is 27.0 Å². The molecule has 1 heterocycles. The number of pyridine rings is 1. The highest BCUT2D eigenvalue weighted by Crippen LogP contribution is 2.12. The molecule has 1 aromatic carbocycles. The lowest BCUT2D eigenvalue weighted by Gasteiger charge is -2.08. The van der Waals surface area contributed by atoms with Gasteiger partial charge in [0.2, 0.25) is 0 Å². The first-order chi connectivity index (χ1) is 9.28. The second-order valence-corrected chi connectivity index (χ2v) is 4.52. The number of nitrogens with one attached hydrogen (secondary N) is 1. The van der Waals surface area contributed by atoms with Gasteiger partial charge in [-0.25, -0.2) is 0 Å². The van der Waals surface area contributed by atoms with Gasteiger partial charge in [0.15, 0.2) is 0 Å². The van der Waals surface area contributed by atoms with Crippen LogP contribution in [0.1, 0.15) is 23.7 Å². The lowest BCUT2D eigenvalue weighted by molar-refractivity contribution is 0.304. The van der Waals surface area contributed by atoms with Crippen LogP contribution in [-0.2, 0) is 13.2 Å². The third-order valence-electron chi connectivity index (χ3n) is 2.86. The zero-order valence-electron chi connectivity index (χ0n) is 11.5. The van der Waals surface area contributed by atoms with Crippen LogP contribution in [0.4, 0.5) is 0 Å². The van der Waals surface area contributed by atoms with Gasteiger partial charge >= 0.3 is 0 Å². The van der Waals surface area contributed by atoms with E-state index in [0.29, 0.717) is 6.61 Å². The molecule has 0 saturated heterocycles. The Morgan fingerprint density at radius 1 is 1.16 bits per heavy atom. The summed E-state index contributed by atoms with van der Waals surface area (Å²) in [5, 5.41) is 3.32. The number of nitrogens with zero attached hydrogens (tertiary/aromatic N) is 1. The number of hydrogen-bond donors (Lipinski definition) is 1. The highest BCUT2D eigenvalue weighted by molar-refractivity contribution is 5.24. The minimum absolute atomic E-state index is 0.574. The van der Waals surface area contributed by atoms with Gasteiger partial charge in [0, 0.05) is 12.2 Å². The van der Waals surface area contributed by atoms with Crippen molar-refractivity contribution in [3.05, 3.63) is 59.4 Å². The molecule has 0 radical (unpaired) electrons. The summed E-state index contributed by atoms with van der Waals surface area (Å²) in [5.41, 5.74) is 3.46. The summed E-state index contributed by atoms with van der Waals surface area (Å²) in [6, 6.07) is 12.3. The molecule has 100 valence electrons. The monoisotopic (exact) mass is 256 g/mol. The molecule has 3 heteroatoms. The van der Waals surface area contributed by atoms with E-state index in [1.165, 1.54) is 11.1 Å². The van der Waals surface area contributed by atoms with Gasteiger partial charge in [-0.1, -0.05) is 31.2 Å². The van der Waals surface area contributed by atoms with E-state index < -0.39 is 0 Å². The lowest BCUT2D eigenvalue weighted by atomic mass is 10.1. The third-order valence-corrected chi connectivity index (χ3v) is 2.86. The van der Waals surface area contributed by atoms with Gasteiger partial charge in [-0.15, -0.1) is 0 Å². The Kier molecular flexibility index (Phi) is 4.93. The third kappa shape index (κ3) is 4.38. The summed E-state index contributed by atoms with van der Waals surface area (Å²) < 4.78 is 5.72. The number of rotatable bonds is 6. The molecule has 0 bridgehead atoms. The van der Waals surface area contributed by atoms with Crippen molar-refractivity contribution in [2.24, 2.45) is 0 Å². The number of aryl methyl sites for hydroxylation is 1. The van der Waals surface area contributed by atoms with Gasteiger partial charge in [0.1, 0.15) is 12.4 Å². The Morgan fingerprint density at radius 2 is 2.00 bits per heavy atom.